The lowest BCUT2D eigenvalue weighted by molar-refractivity contribution is 0.240. The highest BCUT2D eigenvalue weighted by Gasteiger charge is 2.21. The predicted molar refractivity (Wildman–Crippen MR) is 61.8 cm³/mol. The van der Waals surface area contributed by atoms with Crippen molar-refractivity contribution in [3.63, 3.8) is 0 Å². The van der Waals surface area contributed by atoms with E-state index in [0.29, 0.717) is 6.61 Å². The summed E-state index contributed by atoms with van der Waals surface area (Å²) in [6.07, 6.45) is 0.839. The zero-order valence-corrected chi connectivity index (χ0v) is 9.65. The average molecular weight is 303 g/mol. The molecule has 0 bridgehead atoms. The summed E-state index contributed by atoms with van der Waals surface area (Å²) in [4.78, 5) is 11.0. The fourth-order valence-corrected chi connectivity index (χ4v) is 2.00. The molecule has 1 aromatic carbocycles. The van der Waals surface area contributed by atoms with Crippen LogP contribution in [0.5, 0.6) is 5.75 Å². The maximum Gasteiger partial charge on any atom is 0.281 e. The van der Waals surface area contributed by atoms with Gasteiger partial charge in [0.2, 0.25) is 0 Å². The molecule has 1 N–H and O–H groups in total. The smallest absolute Gasteiger partial charge is 0.281 e. The summed E-state index contributed by atoms with van der Waals surface area (Å²) in [5.41, 5.74) is 1.07. The Morgan fingerprint density at radius 3 is 3.07 bits per heavy atom. The lowest BCUT2D eigenvalue weighted by atomic mass is 10.0. The van der Waals surface area contributed by atoms with Crippen molar-refractivity contribution >= 4 is 26.5 Å². The Labute approximate surface area is 96.0 Å². The number of carbonyl (C=O) groups excluding carboxylic acids is 1. The van der Waals surface area contributed by atoms with Gasteiger partial charge in [0, 0.05) is 34.6 Å². The molecule has 1 heterocycles. The van der Waals surface area contributed by atoms with Crippen LogP contribution >= 0.6 is 22.6 Å². The highest BCUT2D eigenvalue weighted by molar-refractivity contribution is 14.1. The van der Waals surface area contributed by atoms with Crippen LogP contribution in [0, 0.1) is 0 Å². The maximum absolute atomic E-state index is 11.0. The number of hydrogen-bond donors (Lipinski definition) is 1. The Morgan fingerprint density at radius 1 is 1.50 bits per heavy atom. The largest absolute Gasteiger partial charge is 0.493 e. The van der Waals surface area contributed by atoms with Gasteiger partial charge in [-0.05, 0) is 6.07 Å². The summed E-state index contributed by atoms with van der Waals surface area (Å²) in [5.74, 6) is 0.883. The van der Waals surface area contributed by atoms with Crippen LogP contribution in [0.3, 0.4) is 0 Å². The Bertz CT molecular complexity index is 354. The van der Waals surface area contributed by atoms with Crippen molar-refractivity contribution < 1.29 is 9.53 Å². The van der Waals surface area contributed by atoms with Crippen molar-refractivity contribution in [2.75, 3.05) is 6.61 Å². The number of rotatable bonds is 1. The molecule has 1 aliphatic heterocycles. The van der Waals surface area contributed by atoms with Gasteiger partial charge < -0.3 is 10.1 Å². The van der Waals surface area contributed by atoms with Crippen LogP contribution in [0.1, 0.15) is 18.0 Å². The normalized spacial score (nSPS) is 19.4. The van der Waals surface area contributed by atoms with Gasteiger partial charge in [0.1, 0.15) is 5.75 Å². The molecule has 0 spiro atoms. The molecule has 0 aromatic heterocycles. The first kappa shape index (κ1) is 9.76. The van der Waals surface area contributed by atoms with E-state index in [-0.39, 0.29) is 9.96 Å². The van der Waals surface area contributed by atoms with Crippen LogP contribution < -0.4 is 10.1 Å². The molecular weight excluding hydrogens is 293 g/mol. The molecule has 1 unspecified atom stereocenters. The van der Waals surface area contributed by atoms with Crippen molar-refractivity contribution in [3.8, 4) is 5.75 Å². The molecule has 3 nitrogen and oxygen atoms in total. The van der Waals surface area contributed by atoms with Gasteiger partial charge in [0.25, 0.3) is 3.91 Å². The zero-order valence-electron chi connectivity index (χ0n) is 7.50. The summed E-state index contributed by atoms with van der Waals surface area (Å²) < 4.78 is 5.46. The third kappa shape index (κ3) is 2.00. The minimum atomic E-state index is -0.0238. The minimum absolute atomic E-state index is 0.0238. The minimum Gasteiger partial charge on any atom is -0.493 e. The Hall–Kier alpha value is -0.780. The fourth-order valence-electron chi connectivity index (χ4n) is 1.63. The summed E-state index contributed by atoms with van der Waals surface area (Å²) in [7, 11) is 0. The standard InChI is InChI=1S/C10H10INO2/c11-10(13)12-8-5-6-14-9-4-2-1-3-7(8)9/h1-4,8H,5-6H2,(H,12,13). The van der Waals surface area contributed by atoms with Crippen molar-refractivity contribution in [2.45, 2.75) is 12.5 Å². The van der Waals surface area contributed by atoms with Gasteiger partial charge in [0.15, 0.2) is 0 Å². The molecule has 1 aromatic rings. The molecule has 14 heavy (non-hydrogen) atoms. The van der Waals surface area contributed by atoms with Crippen LogP contribution in [-0.2, 0) is 0 Å². The van der Waals surface area contributed by atoms with Gasteiger partial charge in [-0.1, -0.05) is 18.2 Å². The SMILES string of the molecule is O=C(I)NC1CCOc2ccccc21. The van der Waals surface area contributed by atoms with Crippen molar-refractivity contribution in [1.82, 2.24) is 5.32 Å². The number of fused-ring (bicyclic) bond motifs is 1. The Morgan fingerprint density at radius 2 is 2.29 bits per heavy atom. The van der Waals surface area contributed by atoms with Gasteiger partial charge in [-0.25, -0.2) is 0 Å². The predicted octanol–water partition coefficient (Wildman–Crippen LogP) is 2.65. The zero-order chi connectivity index (χ0) is 9.97. The quantitative estimate of drug-likeness (QED) is 0.492. The van der Waals surface area contributed by atoms with Crippen molar-refractivity contribution in [3.05, 3.63) is 29.8 Å². The number of halogens is 1. The molecule has 0 aliphatic carbocycles. The summed E-state index contributed by atoms with van der Waals surface area (Å²) >= 11 is 1.75. The lowest BCUT2D eigenvalue weighted by Crippen LogP contribution is -2.28. The Balaban J connectivity index is 2.26. The van der Waals surface area contributed by atoms with Crippen molar-refractivity contribution in [1.29, 1.82) is 0 Å². The fraction of sp³-hybridized carbons (Fsp3) is 0.300. The topological polar surface area (TPSA) is 38.3 Å². The maximum atomic E-state index is 11.0. The van der Waals surface area contributed by atoms with Crippen LogP contribution in [-0.4, -0.2) is 10.5 Å². The van der Waals surface area contributed by atoms with E-state index in [1.165, 1.54) is 0 Å². The highest BCUT2D eigenvalue weighted by atomic mass is 127. The van der Waals surface area contributed by atoms with Gasteiger partial charge in [-0.3, -0.25) is 4.79 Å². The summed E-state index contributed by atoms with van der Waals surface area (Å²) in [6, 6.07) is 7.92. The third-order valence-electron chi connectivity index (χ3n) is 2.25. The lowest BCUT2D eigenvalue weighted by Gasteiger charge is -2.25. The molecule has 74 valence electrons. The van der Waals surface area contributed by atoms with Gasteiger partial charge in [-0.2, -0.15) is 0 Å². The molecule has 4 heteroatoms. The number of nitrogens with one attached hydrogen (secondary N) is 1. The van der Waals surface area contributed by atoms with Crippen LogP contribution in [0.4, 0.5) is 4.79 Å². The van der Waals surface area contributed by atoms with E-state index >= 15 is 0 Å². The van der Waals surface area contributed by atoms with Crippen LogP contribution in [0.2, 0.25) is 0 Å². The van der Waals surface area contributed by atoms with Crippen LogP contribution in [0.15, 0.2) is 24.3 Å². The molecule has 1 atom stereocenters. The number of benzene rings is 1. The highest BCUT2D eigenvalue weighted by Crippen LogP contribution is 2.31. The molecule has 0 radical (unpaired) electrons. The molecule has 0 saturated heterocycles. The monoisotopic (exact) mass is 303 g/mol. The third-order valence-corrected chi connectivity index (χ3v) is 2.56. The number of ether oxygens (including phenoxy) is 1. The van der Waals surface area contributed by atoms with E-state index in [2.05, 4.69) is 5.32 Å². The first-order valence-corrected chi connectivity index (χ1v) is 5.53. The van der Waals surface area contributed by atoms with Gasteiger partial charge in [-0.15, -0.1) is 0 Å². The second-order valence-corrected chi connectivity index (χ2v) is 4.13. The van der Waals surface area contributed by atoms with E-state index in [4.69, 9.17) is 4.74 Å². The molecule has 1 amide bonds. The second-order valence-electron chi connectivity index (χ2n) is 3.15. The molecule has 0 fully saturated rings. The van der Waals surface area contributed by atoms with E-state index in [1.54, 1.807) is 22.6 Å². The summed E-state index contributed by atoms with van der Waals surface area (Å²) in [5, 5.41) is 2.91. The van der Waals surface area contributed by atoms with Crippen molar-refractivity contribution in [2.24, 2.45) is 0 Å². The summed E-state index contributed by atoms with van der Waals surface area (Å²) in [6.45, 7) is 0.665. The van der Waals surface area contributed by atoms with E-state index in [1.807, 2.05) is 24.3 Å². The molecular formula is C10H10INO2. The molecule has 1 aliphatic rings. The number of carbonyl (C=O) groups is 1. The van der Waals surface area contributed by atoms with E-state index in [0.717, 1.165) is 17.7 Å². The number of para-hydroxylation sites is 1. The van der Waals surface area contributed by atoms with E-state index in [9.17, 15) is 4.79 Å². The van der Waals surface area contributed by atoms with Crippen LogP contribution in [0.25, 0.3) is 0 Å². The van der Waals surface area contributed by atoms with E-state index < -0.39 is 0 Å². The number of hydrogen-bond acceptors (Lipinski definition) is 2. The first-order valence-electron chi connectivity index (χ1n) is 4.45. The molecule has 2 rings (SSSR count). The van der Waals surface area contributed by atoms with Gasteiger partial charge in [0.05, 0.1) is 12.6 Å². The second kappa shape index (κ2) is 4.16. The average Bonchev–Trinajstić information content (AvgIpc) is 2.18. The first-order chi connectivity index (χ1) is 6.77. The Kier molecular flexibility index (Phi) is 2.90. The van der Waals surface area contributed by atoms with Gasteiger partial charge >= 0.3 is 0 Å². The molecule has 0 saturated carbocycles. The number of amides is 1.